The largest absolute Gasteiger partial charge is 0.463 e. The molecule has 0 unspecified atom stereocenters. The van der Waals surface area contributed by atoms with Crippen molar-refractivity contribution in [1.29, 1.82) is 0 Å². The molecule has 0 bridgehead atoms. The summed E-state index contributed by atoms with van der Waals surface area (Å²) >= 11 is 0. The third-order valence-electron chi connectivity index (χ3n) is 5.15. The molecule has 2 aliphatic heterocycles. The van der Waals surface area contributed by atoms with Gasteiger partial charge in [-0.25, -0.2) is 0 Å². The van der Waals surface area contributed by atoms with Gasteiger partial charge in [-0.2, -0.15) is 0 Å². The molecule has 2 heterocycles. The zero-order valence-corrected chi connectivity index (χ0v) is 19.5. The van der Waals surface area contributed by atoms with E-state index in [0.717, 1.165) is 27.7 Å². The van der Waals surface area contributed by atoms with Gasteiger partial charge < -0.3 is 53.6 Å². The summed E-state index contributed by atoms with van der Waals surface area (Å²) in [6, 6.07) is 0. The molecule has 0 spiro atoms. The number of rotatable bonds is 9. The Balaban J connectivity index is 2.44. The number of hydrogen-bond donors (Lipinski definition) is 4. The predicted molar refractivity (Wildman–Crippen MR) is 107 cm³/mol. The van der Waals surface area contributed by atoms with E-state index in [1.807, 2.05) is 0 Å². The summed E-state index contributed by atoms with van der Waals surface area (Å²) in [5, 5.41) is 41.2. The maximum atomic E-state index is 11.7. The number of aliphatic hydroxyl groups is 4. The fourth-order valence-corrected chi connectivity index (χ4v) is 3.63. The smallest absolute Gasteiger partial charge is 0.303 e. The average molecular weight is 510 g/mol. The van der Waals surface area contributed by atoms with E-state index in [9.17, 15) is 39.6 Å². The fourth-order valence-electron chi connectivity index (χ4n) is 3.63. The number of carbonyl (C=O) groups excluding carboxylic acids is 4. The van der Waals surface area contributed by atoms with E-state index < -0.39 is 98.5 Å². The van der Waals surface area contributed by atoms with Crippen LogP contribution in [0.3, 0.4) is 0 Å². The highest BCUT2D eigenvalue weighted by atomic mass is 16.8. The van der Waals surface area contributed by atoms with Gasteiger partial charge in [0.15, 0.2) is 12.2 Å². The van der Waals surface area contributed by atoms with Crippen LogP contribution in [0.2, 0.25) is 0 Å². The van der Waals surface area contributed by atoms with Crippen molar-refractivity contribution in [1.82, 2.24) is 0 Å². The van der Waals surface area contributed by atoms with Crippen molar-refractivity contribution < 1.29 is 72.8 Å². The molecule has 15 heteroatoms. The second-order valence-electron chi connectivity index (χ2n) is 7.97. The molecular formula is C20H30O15. The van der Waals surface area contributed by atoms with E-state index in [-0.39, 0.29) is 0 Å². The first-order chi connectivity index (χ1) is 16.3. The van der Waals surface area contributed by atoms with Crippen LogP contribution >= 0.6 is 0 Å². The van der Waals surface area contributed by atoms with Gasteiger partial charge in [0.2, 0.25) is 12.1 Å². The van der Waals surface area contributed by atoms with E-state index in [1.165, 1.54) is 0 Å². The summed E-state index contributed by atoms with van der Waals surface area (Å²) in [6.07, 6.45) is -13.1. The van der Waals surface area contributed by atoms with Gasteiger partial charge in [-0.15, -0.1) is 0 Å². The van der Waals surface area contributed by atoms with Gasteiger partial charge in [0.05, 0.1) is 6.61 Å². The number of carbonyl (C=O) groups is 4. The lowest BCUT2D eigenvalue weighted by Gasteiger charge is -2.45. The summed E-state index contributed by atoms with van der Waals surface area (Å²) in [6.45, 7) is 2.12. The van der Waals surface area contributed by atoms with Gasteiger partial charge in [0, 0.05) is 27.7 Å². The Morgan fingerprint density at radius 1 is 0.800 bits per heavy atom. The topological polar surface area (TPSA) is 214 Å². The summed E-state index contributed by atoms with van der Waals surface area (Å²) in [5.41, 5.74) is 0. The van der Waals surface area contributed by atoms with Crippen molar-refractivity contribution in [2.45, 2.75) is 82.5 Å². The maximum Gasteiger partial charge on any atom is 0.303 e. The SMILES string of the molecule is CC(=O)OC[C@H]1O[C@H](O[C@]2(COC(C)=O)O[C@H](CO)[C@@H](O)[C@@H]2O)[C@H](OC(C)=O)[C@@H](O)[C@@H]1OC(C)=O. The first kappa shape index (κ1) is 28.8. The molecule has 2 fully saturated rings. The molecule has 35 heavy (non-hydrogen) atoms. The van der Waals surface area contributed by atoms with Crippen LogP contribution in [0.4, 0.5) is 0 Å². The molecule has 0 aromatic heterocycles. The monoisotopic (exact) mass is 510 g/mol. The predicted octanol–water partition coefficient (Wildman–Crippen LogP) is -3.11. The zero-order valence-electron chi connectivity index (χ0n) is 19.5. The molecular weight excluding hydrogens is 480 g/mol. The number of ether oxygens (including phenoxy) is 7. The minimum absolute atomic E-state index is 0.529. The van der Waals surface area contributed by atoms with Crippen LogP contribution in [0.5, 0.6) is 0 Å². The summed E-state index contributed by atoms with van der Waals surface area (Å²) in [7, 11) is 0. The maximum absolute atomic E-state index is 11.7. The van der Waals surface area contributed by atoms with Crippen LogP contribution in [0.15, 0.2) is 0 Å². The molecule has 0 amide bonds. The number of esters is 4. The molecule has 9 atom stereocenters. The molecule has 2 saturated heterocycles. The van der Waals surface area contributed by atoms with Crippen LogP contribution in [0.25, 0.3) is 0 Å². The Morgan fingerprint density at radius 3 is 1.86 bits per heavy atom. The van der Waals surface area contributed by atoms with E-state index in [1.54, 1.807) is 0 Å². The van der Waals surface area contributed by atoms with Gasteiger partial charge in [-0.05, 0) is 0 Å². The van der Waals surface area contributed by atoms with Crippen molar-refractivity contribution in [2.75, 3.05) is 19.8 Å². The summed E-state index contributed by atoms with van der Waals surface area (Å²) in [5.74, 6) is -5.61. The van der Waals surface area contributed by atoms with E-state index in [2.05, 4.69) is 0 Å². The molecule has 0 aromatic rings. The average Bonchev–Trinajstić information content (AvgIpc) is 3.00. The van der Waals surface area contributed by atoms with Crippen LogP contribution < -0.4 is 0 Å². The van der Waals surface area contributed by atoms with E-state index in [0.29, 0.717) is 0 Å². The highest BCUT2D eigenvalue weighted by Gasteiger charge is 2.60. The van der Waals surface area contributed by atoms with Gasteiger partial charge in [0.25, 0.3) is 0 Å². The van der Waals surface area contributed by atoms with Crippen LogP contribution in [-0.2, 0) is 52.3 Å². The quantitative estimate of drug-likeness (QED) is 0.178. The lowest BCUT2D eigenvalue weighted by molar-refractivity contribution is -0.384. The Hall–Kier alpha value is -2.40. The number of hydrogen-bond acceptors (Lipinski definition) is 15. The molecule has 0 saturated carbocycles. The Kier molecular flexibility index (Phi) is 9.91. The molecule has 2 rings (SSSR count). The Morgan fingerprint density at radius 2 is 1.37 bits per heavy atom. The van der Waals surface area contributed by atoms with Crippen molar-refractivity contribution in [3.8, 4) is 0 Å². The van der Waals surface area contributed by atoms with Crippen molar-refractivity contribution in [3.05, 3.63) is 0 Å². The zero-order chi connectivity index (χ0) is 26.5. The first-order valence-electron chi connectivity index (χ1n) is 10.6. The van der Waals surface area contributed by atoms with Crippen LogP contribution in [-0.4, -0.2) is 119 Å². The molecule has 0 radical (unpaired) electrons. The minimum atomic E-state index is -2.35. The third kappa shape index (κ3) is 7.07. The van der Waals surface area contributed by atoms with Crippen LogP contribution in [0.1, 0.15) is 27.7 Å². The normalized spacial score (nSPS) is 36.8. The first-order valence-corrected chi connectivity index (χ1v) is 10.6. The van der Waals surface area contributed by atoms with Gasteiger partial charge >= 0.3 is 23.9 Å². The molecule has 15 nitrogen and oxygen atoms in total. The highest BCUT2D eigenvalue weighted by molar-refractivity contribution is 5.67. The molecule has 2 aliphatic rings. The standard InChI is InChI=1S/C20H30O15/c1-8(22)29-6-13-16(31-10(3)24)15(27)17(32-11(4)25)19(33-13)35-20(7-30-9(2)23)18(28)14(26)12(5-21)34-20/h12-19,21,26-28H,5-7H2,1-4H3/t12-,13-,14-,15+,16-,17-,18+,19-,20+/m1/s1. The van der Waals surface area contributed by atoms with Crippen LogP contribution in [0, 0.1) is 0 Å². The summed E-state index contributed by atoms with van der Waals surface area (Å²) < 4.78 is 36.9. The van der Waals surface area contributed by atoms with E-state index in [4.69, 9.17) is 33.2 Å². The summed E-state index contributed by atoms with van der Waals surface area (Å²) in [4.78, 5) is 46.1. The van der Waals surface area contributed by atoms with Gasteiger partial charge in [-0.3, -0.25) is 19.2 Å². The minimum Gasteiger partial charge on any atom is -0.463 e. The lowest BCUT2D eigenvalue weighted by Crippen LogP contribution is -2.64. The Labute approximate surface area is 199 Å². The third-order valence-corrected chi connectivity index (χ3v) is 5.15. The second-order valence-corrected chi connectivity index (χ2v) is 7.97. The van der Waals surface area contributed by atoms with Gasteiger partial charge in [-0.1, -0.05) is 0 Å². The highest BCUT2D eigenvalue weighted by Crippen LogP contribution is 2.37. The second kappa shape index (κ2) is 12.0. The molecule has 0 aromatic carbocycles. The fraction of sp³-hybridized carbons (Fsp3) is 0.800. The molecule has 0 aliphatic carbocycles. The van der Waals surface area contributed by atoms with E-state index >= 15 is 0 Å². The number of aliphatic hydroxyl groups excluding tert-OH is 4. The Bertz CT molecular complexity index is 784. The van der Waals surface area contributed by atoms with Gasteiger partial charge in [0.1, 0.15) is 43.7 Å². The molecule has 4 N–H and O–H groups in total. The van der Waals surface area contributed by atoms with Crippen molar-refractivity contribution in [3.63, 3.8) is 0 Å². The van der Waals surface area contributed by atoms with Crippen molar-refractivity contribution >= 4 is 23.9 Å². The molecule has 200 valence electrons. The van der Waals surface area contributed by atoms with Crippen molar-refractivity contribution in [2.24, 2.45) is 0 Å². The lowest BCUT2D eigenvalue weighted by atomic mass is 9.98.